The Hall–Kier alpha value is -2.88. The van der Waals surface area contributed by atoms with Crippen molar-refractivity contribution in [3.05, 3.63) is 63.0 Å². The highest BCUT2D eigenvalue weighted by Gasteiger charge is 2.23. The Kier molecular flexibility index (Phi) is 5.99. The lowest BCUT2D eigenvalue weighted by molar-refractivity contribution is -0.384. The van der Waals surface area contributed by atoms with Gasteiger partial charge in [-0.3, -0.25) is 19.8 Å². The first-order chi connectivity index (χ1) is 14.8. The van der Waals surface area contributed by atoms with Crippen molar-refractivity contribution in [1.82, 2.24) is 9.88 Å². The molecule has 4 rings (SSSR count). The maximum absolute atomic E-state index is 13.5. The van der Waals surface area contributed by atoms with Crippen molar-refractivity contribution < 1.29 is 9.72 Å². The minimum absolute atomic E-state index is 0.0220. The quantitative estimate of drug-likeness (QED) is 0.279. The molecule has 0 aliphatic carbocycles. The first-order valence-electron chi connectivity index (χ1n) is 9.84. The average molecular weight is 455 g/mol. The van der Waals surface area contributed by atoms with Crippen molar-refractivity contribution in [3.8, 4) is 0 Å². The summed E-state index contributed by atoms with van der Waals surface area (Å²) in [6.07, 6.45) is 0.810. The molecule has 0 aliphatic rings. The monoisotopic (exact) mass is 454 g/mol. The number of aromatic nitrogens is 1. The summed E-state index contributed by atoms with van der Waals surface area (Å²) in [6.45, 7) is 3.42. The Balaban J connectivity index is 1.71. The molecule has 0 unspecified atom stereocenters. The number of para-hydroxylation sites is 1. The second kappa shape index (κ2) is 8.70. The SMILES string of the molecule is Cc1cccc2sc(N(CCCN(C)C)C(=O)c3cc4cc([N+](=O)[O-])ccc4s3)nc12. The standard InChI is InChI=1S/C22H22N4O3S2/c1-14-6-4-7-18-20(14)23-22(31-18)25(11-5-10-24(2)3)21(27)19-13-15-12-16(26(28)29)8-9-17(15)30-19/h4,6-9,12-13H,5,10-11H2,1-3H3. The first-order valence-corrected chi connectivity index (χ1v) is 11.5. The van der Waals surface area contributed by atoms with Crippen LogP contribution in [0.3, 0.4) is 0 Å². The molecule has 0 aliphatic heterocycles. The second-order valence-electron chi connectivity index (χ2n) is 7.62. The number of carbonyl (C=O) groups excluding carboxylic acids is 1. The fraction of sp³-hybridized carbons (Fsp3) is 0.273. The molecule has 0 bridgehead atoms. The maximum Gasteiger partial charge on any atom is 0.270 e. The predicted molar refractivity (Wildman–Crippen MR) is 128 cm³/mol. The number of non-ortho nitro benzene ring substituents is 1. The molecule has 4 aromatic rings. The van der Waals surface area contributed by atoms with E-state index in [-0.39, 0.29) is 11.6 Å². The predicted octanol–water partition coefficient (Wildman–Crippen LogP) is 5.33. The van der Waals surface area contributed by atoms with Crippen LogP contribution in [0, 0.1) is 17.0 Å². The van der Waals surface area contributed by atoms with Crippen molar-refractivity contribution in [2.45, 2.75) is 13.3 Å². The van der Waals surface area contributed by atoms with E-state index in [0.717, 1.165) is 33.4 Å². The molecular weight excluding hydrogens is 432 g/mol. The molecule has 160 valence electrons. The van der Waals surface area contributed by atoms with Gasteiger partial charge < -0.3 is 4.90 Å². The Labute approximate surface area is 187 Å². The summed E-state index contributed by atoms with van der Waals surface area (Å²) >= 11 is 2.86. The normalized spacial score (nSPS) is 11.5. The van der Waals surface area contributed by atoms with E-state index in [0.29, 0.717) is 21.9 Å². The number of thiazole rings is 1. The molecule has 7 nitrogen and oxygen atoms in total. The molecule has 0 spiro atoms. The largest absolute Gasteiger partial charge is 0.309 e. The number of nitro groups is 1. The van der Waals surface area contributed by atoms with Crippen LogP contribution in [0.15, 0.2) is 42.5 Å². The third kappa shape index (κ3) is 4.43. The third-order valence-corrected chi connectivity index (χ3v) is 7.14. The van der Waals surface area contributed by atoms with Crippen LogP contribution in [0.4, 0.5) is 10.8 Å². The fourth-order valence-corrected chi connectivity index (χ4v) is 5.46. The van der Waals surface area contributed by atoms with Crippen LogP contribution < -0.4 is 4.90 Å². The van der Waals surface area contributed by atoms with Gasteiger partial charge in [0.05, 0.1) is 20.0 Å². The molecule has 0 atom stereocenters. The van der Waals surface area contributed by atoms with E-state index in [1.165, 1.54) is 34.8 Å². The Bertz CT molecular complexity index is 1280. The molecule has 0 radical (unpaired) electrons. The minimum atomic E-state index is -0.421. The molecule has 31 heavy (non-hydrogen) atoms. The number of nitrogens with zero attached hydrogens (tertiary/aromatic N) is 4. The van der Waals surface area contributed by atoms with Crippen LogP contribution in [0.25, 0.3) is 20.3 Å². The van der Waals surface area contributed by atoms with E-state index in [9.17, 15) is 14.9 Å². The second-order valence-corrected chi connectivity index (χ2v) is 9.71. The zero-order valence-corrected chi connectivity index (χ0v) is 19.1. The van der Waals surface area contributed by atoms with Gasteiger partial charge in [-0.15, -0.1) is 11.3 Å². The number of benzene rings is 2. The molecule has 9 heteroatoms. The van der Waals surface area contributed by atoms with Gasteiger partial charge in [-0.1, -0.05) is 23.5 Å². The molecular formula is C22H22N4O3S2. The highest BCUT2D eigenvalue weighted by molar-refractivity contribution is 7.23. The Morgan fingerprint density at radius 1 is 1.10 bits per heavy atom. The summed E-state index contributed by atoms with van der Waals surface area (Å²) in [6, 6.07) is 12.5. The van der Waals surface area contributed by atoms with Gasteiger partial charge in [-0.2, -0.15) is 0 Å². The van der Waals surface area contributed by atoms with E-state index < -0.39 is 4.92 Å². The first kappa shape index (κ1) is 21.4. The van der Waals surface area contributed by atoms with Gasteiger partial charge in [0.1, 0.15) is 0 Å². The van der Waals surface area contributed by atoms with Gasteiger partial charge >= 0.3 is 0 Å². The van der Waals surface area contributed by atoms with Crippen LogP contribution in [-0.2, 0) is 0 Å². The van der Waals surface area contributed by atoms with Crippen LogP contribution in [-0.4, -0.2) is 47.9 Å². The van der Waals surface area contributed by atoms with Crippen molar-refractivity contribution in [1.29, 1.82) is 0 Å². The van der Waals surface area contributed by atoms with E-state index >= 15 is 0 Å². The van der Waals surface area contributed by atoms with E-state index in [4.69, 9.17) is 4.98 Å². The van der Waals surface area contributed by atoms with E-state index in [1.807, 2.05) is 39.2 Å². The summed E-state index contributed by atoms with van der Waals surface area (Å²) in [4.78, 5) is 33.3. The summed E-state index contributed by atoms with van der Waals surface area (Å²) in [7, 11) is 4.01. The average Bonchev–Trinajstić information content (AvgIpc) is 3.34. The molecule has 1 amide bonds. The van der Waals surface area contributed by atoms with Gasteiger partial charge in [0, 0.05) is 28.8 Å². The summed E-state index contributed by atoms with van der Waals surface area (Å²) in [5, 5.41) is 12.5. The van der Waals surface area contributed by atoms with Gasteiger partial charge in [-0.05, 0) is 57.7 Å². The smallest absolute Gasteiger partial charge is 0.270 e. The minimum Gasteiger partial charge on any atom is -0.309 e. The number of aryl methyl sites for hydroxylation is 1. The summed E-state index contributed by atoms with van der Waals surface area (Å²) < 4.78 is 1.90. The number of carbonyl (C=O) groups is 1. The summed E-state index contributed by atoms with van der Waals surface area (Å²) in [5.74, 6) is -0.126. The van der Waals surface area contributed by atoms with Crippen molar-refractivity contribution in [2.24, 2.45) is 0 Å². The molecule has 2 aromatic heterocycles. The number of hydrogen-bond donors (Lipinski definition) is 0. The van der Waals surface area contributed by atoms with Gasteiger partial charge in [0.2, 0.25) is 0 Å². The van der Waals surface area contributed by atoms with Crippen molar-refractivity contribution >= 4 is 59.7 Å². The molecule has 2 aromatic carbocycles. The van der Waals surface area contributed by atoms with Crippen LogP contribution in [0.2, 0.25) is 0 Å². The number of rotatable bonds is 7. The van der Waals surface area contributed by atoms with Crippen molar-refractivity contribution in [2.75, 3.05) is 32.1 Å². The molecule has 0 N–H and O–H groups in total. The zero-order valence-electron chi connectivity index (χ0n) is 17.5. The van der Waals surface area contributed by atoms with Crippen LogP contribution >= 0.6 is 22.7 Å². The van der Waals surface area contributed by atoms with Crippen LogP contribution in [0.1, 0.15) is 21.7 Å². The van der Waals surface area contributed by atoms with E-state index in [2.05, 4.69) is 4.90 Å². The highest BCUT2D eigenvalue weighted by Crippen LogP contribution is 2.34. The topological polar surface area (TPSA) is 79.6 Å². The fourth-order valence-electron chi connectivity index (χ4n) is 3.40. The van der Waals surface area contributed by atoms with Crippen molar-refractivity contribution in [3.63, 3.8) is 0 Å². The van der Waals surface area contributed by atoms with Gasteiger partial charge in [0.25, 0.3) is 11.6 Å². The lowest BCUT2D eigenvalue weighted by Gasteiger charge is -2.20. The molecule has 0 saturated carbocycles. The van der Waals surface area contributed by atoms with Gasteiger partial charge in [-0.25, -0.2) is 4.98 Å². The maximum atomic E-state index is 13.5. The number of amides is 1. The Morgan fingerprint density at radius 2 is 1.90 bits per heavy atom. The van der Waals surface area contributed by atoms with Crippen LogP contribution in [0.5, 0.6) is 0 Å². The zero-order chi connectivity index (χ0) is 22.1. The lowest BCUT2D eigenvalue weighted by Crippen LogP contribution is -2.32. The lowest BCUT2D eigenvalue weighted by atomic mass is 10.2. The number of nitro benzene ring substituents is 1. The van der Waals surface area contributed by atoms with E-state index in [1.54, 1.807) is 17.0 Å². The molecule has 2 heterocycles. The highest BCUT2D eigenvalue weighted by atomic mass is 32.1. The number of fused-ring (bicyclic) bond motifs is 2. The molecule has 0 fully saturated rings. The number of anilines is 1. The third-order valence-electron chi connectivity index (χ3n) is 4.99. The summed E-state index contributed by atoms with van der Waals surface area (Å²) in [5.41, 5.74) is 2.02. The number of thiophene rings is 1. The Morgan fingerprint density at radius 3 is 2.61 bits per heavy atom. The number of hydrogen-bond acceptors (Lipinski definition) is 7. The van der Waals surface area contributed by atoms with Gasteiger partial charge in [0.15, 0.2) is 5.13 Å². The molecule has 0 saturated heterocycles.